The Labute approximate surface area is 169 Å². The molecular formula is C20H21ClN2O4S. The van der Waals surface area contributed by atoms with E-state index in [1.165, 1.54) is 28.1 Å². The van der Waals surface area contributed by atoms with E-state index in [-0.39, 0.29) is 27.4 Å². The summed E-state index contributed by atoms with van der Waals surface area (Å²) < 4.78 is 32.3. The molecule has 8 heteroatoms. The van der Waals surface area contributed by atoms with Gasteiger partial charge in [-0.15, -0.1) is 0 Å². The summed E-state index contributed by atoms with van der Waals surface area (Å²) in [4.78, 5) is 12.9. The lowest BCUT2D eigenvalue weighted by molar-refractivity contribution is 0.0730. The van der Waals surface area contributed by atoms with E-state index in [1.807, 2.05) is 18.2 Å². The first-order valence-electron chi connectivity index (χ1n) is 9.23. The predicted molar refractivity (Wildman–Crippen MR) is 106 cm³/mol. The lowest BCUT2D eigenvalue weighted by atomic mass is 10.1. The zero-order valence-electron chi connectivity index (χ0n) is 15.2. The molecule has 6 nitrogen and oxygen atoms in total. The van der Waals surface area contributed by atoms with E-state index in [2.05, 4.69) is 11.4 Å². The van der Waals surface area contributed by atoms with Crippen LogP contribution in [0.3, 0.4) is 0 Å². The van der Waals surface area contributed by atoms with Gasteiger partial charge in [-0.1, -0.05) is 35.9 Å². The molecule has 2 aromatic rings. The van der Waals surface area contributed by atoms with E-state index < -0.39 is 10.0 Å². The molecule has 1 N–H and O–H groups in total. The first kappa shape index (κ1) is 19.4. The second kappa shape index (κ2) is 7.83. The first-order valence-corrected chi connectivity index (χ1v) is 11.0. The van der Waals surface area contributed by atoms with Crippen LogP contribution < -0.4 is 5.32 Å². The number of nitrogens with zero attached hydrogens (tertiary/aromatic N) is 1. The summed E-state index contributed by atoms with van der Waals surface area (Å²) in [6, 6.07) is 12.2. The van der Waals surface area contributed by atoms with Crippen LogP contribution in [0.15, 0.2) is 47.4 Å². The molecule has 0 spiro atoms. The minimum atomic E-state index is -3.70. The Morgan fingerprint density at radius 3 is 2.68 bits per heavy atom. The number of sulfonamides is 1. The molecule has 1 saturated heterocycles. The molecule has 1 aliphatic carbocycles. The standard InChI is InChI=1S/C20H21ClN2O4S/c21-18-7-6-15(28(25,26)23-9-11-27-12-10-23)13-17(18)20(24)22-19-8-5-14-3-1-2-4-16(14)19/h1-4,6-7,13,19H,5,8-12H2,(H,22,24)/t19-/m1/s1. The molecule has 4 rings (SSSR count). The van der Waals surface area contributed by atoms with Crippen LogP contribution >= 0.6 is 11.6 Å². The number of amides is 1. The van der Waals surface area contributed by atoms with Crippen LogP contribution in [0, 0.1) is 0 Å². The molecule has 2 aromatic carbocycles. The topological polar surface area (TPSA) is 75.7 Å². The normalized spacial score (nSPS) is 20.0. The zero-order chi connectivity index (χ0) is 19.7. The Morgan fingerprint density at radius 1 is 1.14 bits per heavy atom. The van der Waals surface area contributed by atoms with E-state index in [9.17, 15) is 13.2 Å². The fourth-order valence-electron chi connectivity index (χ4n) is 3.72. The number of carbonyl (C=O) groups is 1. The first-order chi connectivity index (χ1) is 13.5. The molecule has 0 unspecified atom stereocenters. The van der Waals surface area contributed by atoms with Crippen molar-refractivity contribution in [2.24, 2.45) is 0 Å². The average Bonchev–Trinajstić information content (AvgIpc) is 3.11. The molecular weight excluding hydrogens is 400 g/mol. The highest BCUT2D eigenvalue weighted by molar-refractivity contribution is 7.89. The van der Waals surface area contributed by atoms with Crippen molar-refractivity contribution in [3.05, 3.63) is 64.2 Å². The van der Waals surface area contributed by atoms with E-state index in [4.69, 9.17) is 16.3 Å². The summed E-state index contributed by atoms with van der Waals surface area (Å²) in [6.45, 7) is 1.32. The number of nitrogens with one attached hydrogen (secondary N) is 1. The quantitative estimate of drug-likeness (QED) is 0.825. The van der Waals surface area contributed by atoms with Crippen molar-refractivity contribution >= 4 is 27.5 Å². The number of benzene rings is 2. The maximum absolute atomic E-state index is 12.9. The lowest BCUT2D eigenvalue weighted by Crippen LogP contribution is -2.40. The van der Waals surface area contributed by atoms with Crippen molar-refractivity contribution in [1.29, 1.82) is 0 Å². The Bertz CT molecular complexity index is 1000. The third kappa shape index (κ3) is 3.67. The summed E-state index contributed by atoms with van der Waals surface area (Å²) in [5.41, 5.74) is 2.49. The molecule has 1 aliphatic heterocycles. The molecule has 28 heavy (non-hydrogen) atoms. The van der Waals surface area contributed by atoms with Gasteiger partial charge in [0.25, 0.3) is 5.91 Å². The van der Waals surface area contributed by atoms with Crippen molar-refractivity contribution in [3.63, 3.8) is 0 Å². The minimum Gasteiger partial charge on any atom is -0.379 e. The van der Waals surface area contributed by atoms with Gasteiger partial charge in [0.05, 0.1) is 34.7 Å². The van der Waals surface area contributed by atoms with Crippen LogP contribution in [-0.2, 0) is 21.2 Å². The van der Waals surface area contributed by atoms with Crippen LogP contribution in [0.25, 0.3) is 0 Å². The van der Waals surface area contributed by atoms with Crippen LogP contribution in [-0.4, -0.2) is 44.9 Å². The monoisotopic (exact) mass is 420 g/mol. The van der Waals surface area contributed by atoms with Crippen molar-refractivity contribution < 1.29 is 17.9 Å². The van der Waals surface area contributed by atoms with Crippen molar-refractivity contribution in [3.8, 4) is 0 Å². The van der Waals surface area contributed by atoms with Crippen molar-refractivity contribution in [2.45, 2.75) is 23.8 Å². The number of morpholine rings is 1. The number of halogens is 1. The van der Waals surface area contributed by atoms with Gasteiger partial charge in [0.15, 0.2) is 0 Å². The number of ether oxygens (including phenoxy) is 1. The predicted octanol–water partition coefficient (Wildman–Crippen LogP) is 2.78. The summed E-state index contributed by atoms with van der Waals surface area (Å²) in [7, 11) is -3.70. The molecule has 1 amide bonds. The third-order valence-electron chi connectivity index (χ3n) is 5.23. The fourth-order valence-corrected chi connectivity index (χ4v) is 5.36. The Morgan fingerprint density at radius 2 is 1.89 bits per heavy atom. The fraction of sp³-hybridized carbons (Fsp3) is 0.350. The lowest BCUT2D eigenvalue weighted by Gasteiger charge is -2.26. The number of carbonyl (C=O) groups excluding carboxylic acids is 1. The number of hydrogen-bond donors (Lipinski definition) is 1. The van der Waals surface area contributed by atoms with E-state index in [1.54, 1.807) is 0 Å². The number of aryl methyl sites for hydroxylation is 1. The summed E-state index contributed by atoms with van der Waals surface area (Å²) in [5.74, 6) is -0.370. The van der Waals surface area contributed by atoms with Gasteiger partial charge in [-0.25, -0.2) is 8.42 Å². The number of rotatable bonds is 4. The van der Waals surface area contributed by atoms with Gasteiger partial charge in [-0.2, -0.15) is 4.31 Å². The molecule has 1 heterocycles. The Kier molecular flexibility index (Phi) is 5.42. The molecule has 0 radical (unpaired) electrons. The largest absolute Gasteiger partial charge is 0.379 e. The molecule has 0 aromatic heterocycles. The second-order valence-electron chi connectivity index (χ2n) is 6.92. The maximum Gasteiger partial charge on any atom is 0.253 e. The highest BCUT2D eigenvalue weighted by Gasteiger charge is 2.29. The highest BCUT2D eigenvalue weighted by atomic mass is 35.5. The van der Waals surface area contributed by atoms with Gasteiger partial charge in [0, 0.05) is 13.1 Å². The molecule has 0 saturated carbocycles. The molecule has 148 valence electrons. The second-order valence-corrected chi connectivity index (χ2v) is 9.27. The van der Waals surface area contributed by atoms with Gasteiger partial charge in [0.2, 0.25) is 10.0 Å². The van der Waals surface area contributed by atoms with E-state index in [0.29, 0.717) is 26.3 Å². The Hall–Kier alpha value is -1.93. The van der Waals surface area contributed by atoms with E-state index in [0.717, 1.165) is 18.4 Å². The van der Waals surface area contributed by atoms with Crippen LogP contribution in [0.2, 0.25) is 5.02 Å². The van der Waals surface area contributed by atoms with Gasteiger partial charge in [-0.3, -0.25) is 4.79 Å². The molecule has 0 bridgehead atoms. The van der Waals surface area contributed by atoms with Gasteiger partial charge < -0.3 is 10.1 Å². The average molecular weight is 421 g/mol. The minimum absolute atomic E-state index is 0.0655. The van der Waals surface area contributed by atoms with Gasteiger partial charge in [0.1, 0.15) is 0 Å². The molecule has 1 fully saturated rings. The highest BCUT2D eigenvalue weighted by Crippen LogP contribution is 2.31. The summed E-state index contributed by atoms with van der Waals surface area (Å²) in [6.07, 6.45) is 1.72. The van der Waals surface area contributed by atoms with Gasteiger partial charge >= 0.3 is 0 Å². The van der Waals surface area contributed by atoms with Crippen LogP contribution in [0.1, 0.15) is 33.9 Å². The maximum atomic E-state index is 12.9. The Balaban J connectivity index is 1.58. The van der Waals surface area contributed by atoms with E-state index >= 15 is 0 Å². The SMILES string of the molecule is O=C(N[C@@H]1CCc2ccccc21)c1cc(S(=O)(=O)N2CCOCC2)ccc1Cl. The molecule has 2 aliphatic rings. The van der Waals surface area contributed by atoms with Crippen LogP contribution in [0.4, 0.5) is 0 Å². The van der Waals surface area contributed by atoms with Crippen molar-refractivity contribution in [2.75, 3.05) is 26.3 Å². The molecule has 1 atom stereocenters. The summed E-state index contributed by atoms with van der Waals surface area (Å²) in [5, 5.41) is 3.23. The smallest absolute Gasteiger partial charge is 0.253 e. The van der Waals surface area contributed by atoms with Crippen LogP contribution in [0.5, 0.6) is 0 Å². The number of hydrogen-bond acceptors (Lipinski definition) is 4. The summed E-state index contributed by atoms with van der Waals surface area (Å²) >= 11 is 6.22. The zero-order valence-corrected chi connectivity index (χ0v) is 16.8. The van der Waals surface area contributed by atoms with Crippen molar-refractivity contribution in [1.82, 2.24) is 9.62 Å². The number of fused-ring (bicyclic) bond motifs is 1. The third-order valence-corrected chi connectivity index (χ3v) is 7.45. The van der Waals surface area contributed by atoms with Gasteiger partial charge in [-0.05, 0) is 42.2 Å².